The summed E-state index contributed by atoms with van der Waals surface area (Å²) >= 11 is 0. The lowest BCUT2D eigenvalue weighted by Crippen LogP contribution is -2.36. The van der Waals surface area contributed by atoms with E-state index in [0.717, 1.165) is 11.3 Å². The van der Waals surface area contributed by atoms with Gasteiger partial charge in [-0.2, -0.15) is 0 Å². The number of anilines is 1. The molecule has 1 aromatic carbocycles. The second-order valence-electron chi connectivity index (χ2n) is 5.14. The van der Waals surface area contributed by atoms with E-state index < -0.39 is 11.5 Å². The van der Waals surface area contributed by atoms with Crippen LogP contribution in [0.5, 0.6) is 0 Å². The third-order valence-electron chi connectivity index (χ3n) is 3.31. The summed E-state index contributed by atoms with van der Waals surface area (Å²) in [5.41, 5.74) is 1.04. The first kappa shape index (κ1) is 12.6. The molecule has 0 aromatic heterocycles. The molecule has 0 unspecified atom stereocenters. The Balaban J connectivity index is 2.14. The van der Waals surface area contributed by atoms with Crippen molar-refractivity contribution < 1.29 is 14.3 Å². The van der Waals surface area contributed by atoms with E-state index in [1.807, 2.05) is 31.2 Å². The molecular formula is C14H17NO3. The van der Waals surface area contributed by atoms with Crippen LogP contribution in [0.25, 0.3) is 0 Å². The summed E-state index contributed by atoms with van der Waals surface area (Å²) in [6, 6.07) is 7.55. The number of carbonyl (C=O) groups is 2. The summed E-state index contributed by atoms with van der Waals surface area (Å²) in [6.45, 7) is 5.46. The molecule has 1 saturated heterocycles. The molecule has 1 heterocycles. The first-order valence-corrected chi connectivity index (χ1v) is 5.98. The maximum atomic E-state index is 12.2. The van der Waals surface area contributed by atoms with Crippen LogP contribution in [0.1, 0.15) is 25.8 Å². The maximum absolute atomic E-state index is 12.2. The Bertz CT molecular complexity index is 494. The Morgan fingerprint density at radius 2 is 2.06 bits per heavy atom. The van der Waals surface area contributed by atoms with Crippen LogP contribution in [0.3, 0.4) is 0 Å². The van der Waals surface area contributed by atoms with Crippen LogP contribution in [0.2, 0.25) is 0 Å². The van der Waals surface area contributed by atoms with Gasteiger partial charge in [0.05, 0.1) is 12.3 Å². The number of benzene rings is 1. The molecular weight excluding hydrogens is 230 g/mol. The van der Waals surface area contributed by atoms with Crippen LogP contribution in [-0.4, -0.2) is 17.5 Å². The monoisotopic (exact) mass is 247 g/mol. The van der Waals surface area contributed by atoms with Gasteiger partial charge in [0.15, 0.2) is 0 Å². The minimum absolute atomic E-state index is 0.144. The van der Waals surface area contributed by atoms with E-state index in [4.69, 9.17) is 4.74 Å². The molecule has 1 amide bonds. The fraction of sp³-hybridized carbons (Fsp3) is 0.429. The van der Waals surface area contributed by atoms with Gasteiger partial charge >= 0.3 is 5.97 Å². The summed E-state index contributed by atoms with van der Waals surface area (Å²) < 4.78 is 5.15. The molecule has 1 fully saturated rings. The number of para-hydroxylation sites is 1. The zero-order valence-corrected chi connectivity index (χ0v) is 10.8. The summed E-state index contributed by atoms with van der Waals surface area (Å²) in [4.78, 5) is 23.5. The van der Waals surface area contributed by atoms with Crippen molar-refractivity contribution in [3.05, 3.63) is 29.8 Å². The zero-order chi connectivity index (χ0) is 13.3. The highest BCUT2D eigenvalue weighted by Crippen LogP contribution is 2.33. The maximum Gasteiger partial charge on any atom is 0.307 e. The first-order valence-electron chi connectivity index (χ1n) is 5.98. The van der Waals surface area contributed by atoms with E-state index in [1.165, 1.54) is 0 Å². The Kier molecular flexibility index (Phi) is 3.11. The first-order chi connectivity index (χ1) is 8.40. The topological polar surface area (TPSA) is 55.4 Å². The number of hydrogen-bond acceptors (Lipinski definition) is 3. The van der Waals surface area contributed by atoms with E-state index >= 15 is 0 Å². The van der Waals surface area contributed by atoms with E-state index in [1.54, 1.807) is 13.8 Å². The van der Waals surface area contributed by atoms with Gasteiger partial charge in [0.25, 0.3) is 0 Å². The minimum Gasteiger partial charge on any atom is -0.459 e. The van der Waals surface area contributed by atoms with Crippen molar-refractivity contribution in [2.45, 2.75) is 32.8 Å². The van der Waals surface area contributed by atoms with Gasteiger partial charge in [-0.05, 0) is 32.4 Å². The van der Waals surface area contributed by atoms with E-state index in [9.17, 15) is 9.59 Å². The van der Waals surface area contributed by atoms with Crippen molar-refractivity contribution in [3.63, 3.8) is 0 Å². The number of ether oxygens (including phenoxy) is 1. The second kappa shape index (κ2) is 4.44. The molecule has 4 heteroatoms. The predicted octanol–water partition coefficient (Wildman–Crippen LogP) is 2.28. The van der Waals surface area contributed by atoms with Gasteiger partial charge in [0, 0.05) is 5.69 Å². The molecule has 0 radical (unpaired) electrons. The molecule has 1 atom stereocenters. The lowest BCUT2D eigenvalue weighted by Gasteiger charge is -2.24. The SMILES string of the molecule is Cc1ccccc1NC(=O)[C@H]1CC(=O)OC1(C)C. The number of aryl methyl sites for hydroxylation is 1. The van der Waals surface area contributed by atoms with E-state index in [-0.39, 0.29) is 18.3 Å². The molecule has 4 nitrogen and oxygen atoms in total. The summed E-state index contributed by atoms with van der Waals surface area (Å²) in [6.07, 6.45) is 0.144. The number of hydrogen-bond donors (Lipinski definition) is 1. The predicted molar refractivity (Wildman–Crippen MR) is 68.1 cm³/mol. The van der Waals surface area contributed by atoms with Gasteiger partial charge < -0.3 is 10.1 Å². The van der Waals surface area contributed by atoms with Gasteiger partial charge in [0.1, 0.15) is 5.60 Å². The van der Waals surface area contributed by atoms with Crippen molar-refractivity contribution in [1.29, 1.82) is 0 Å². The van der Waals surface area contributed by atoms with Crippen molar-refractivity contribution in [2.75, 3.05) is 5.32 Å². The Morgan fingerprint density at radius 3 is 2.61 bits per heavy atom. The summed E-state index contributed by atoms with van der Waals surface area (Å²) in [7, 11) is 0. The van der Waals surface area contributed by atoms with Gasteiger partial charge in [-0.3, -0.25) is 9.59 Å². The molecule has 0 aliphatic carbocycles. The third kappa shape index (κ3) is 2.37. The average molecular weight is 247 g/mol. The highest BCUT2D eigenvalue weighted by Gasteiger charge is 2.46. The molecule has 0 saturated carbocycles. The number of carbonyl (C=O) groups excluding carboxylic acids is 2. The van der Waals surface area contributed by atoms with Crippen LogP contribution >= 0.6 is 0 Å². The van der Waals surface area contributed by atoms with Crippen molar-refractivity contribution in [2.24, 2.45) is 5.92 Å². The molecule has 18 heavy (non-hydrogen) atoms. The van der Waals surface area contributed by atoms with Crippen LogP contribution in [0.15, 0.2) is 24.3 Å². The van der Waals surface area contributed by atoms with Crippen LogP contribution in [0, 0.1) is 12.8 Å². The molecule has 1 aliphatic rings. The Morgan fingerprint density at radius 1 is 1.39 bits per heavy atom. The molecule has 0 bridgehead atoms. The van der Waals surface area contributed by atoms with Crippen LogP contribution in [0.4, 0.5) is 5.69 Å². The zero-order valence-electron chi connectivity index (χ0n) is 10.8. The van der Waals surface area contributed by atoms with Crippen LogP contribution in [-0.2, 0) is 14.3 Å². The fourth-order valence-electron chi connectivity index (χ4n) is 2.16. The highest BCUT2D eigenvalue weighted by atomic mass is 16.6. The quantitative estimate of drug-likeness (QED) is 0.816. The lowest BCUT2D eigenvalue weighted by molar-refractivity contribution is -0.147. The minimum atomic E-state index is -0.732. The molecule has 1 N–H and O–H groups in total. The van der Waals surface area contributed by atoms with E-state index in [2.05, 4.69) is 5.32 Å². The van der Waals surface area contributed by atoms with Gasteiger partial charge in [-0.25, -0.2) is 0 Å². The van der Waals surface area contributed by atoms with Crippen LogP contribution < -0.4 is 5.32 Å². The van der Waals surface area contributed by atoms with Crippen molar-refractivity contribution in [1.82, 2.24) is 0 Å². The summed E-state index contributed by atoms with van der Waals surface area (Å²) in [5.74, 6) is -0.922. The number of rotatable bonds is 2. The number of cyclic esters (lactones) is 1. The van der Waals surface area contributed by atoms with Gasteiger partial charge in [-0.1, -0.05) is 18.2 Å². The number of amides is 1. The molecule has 2 rings (SSSR count). The molecule has 96 valence electrons. The molecule has 1 aliphatic heterocycles. The van der Waals surface area contributed by atoms with Crippen molar-refractivity contribution >= 4 is 17.6 Å². The Labute approximate surface area is 106 Å². The second-order valence-corrected chi connectivity index (χ2v) is 5.14. The Hall–Kier alpha value is -1.84. The van der Waals surface area contributed by atoms with Gasteiger partial charge in [0.2, 0.25) is 5.91 Å². The standard InChI is InChI=1S/C14H17NO3/c1-9-6-4-5-7-11(9)15-13(17)10-8-12(16)18-14(10,2)3/h4-7,10H,8H2,1-3H3,(H,15,17)/t10-/m1/s1. The summed E-state index contributed by atoms with van der Waals surface area (Å²) in [5, 5.41) is 2.86. The lowest BCUT2D eigenvalue weighted by atomic mass is 9.90. The van der Waals surface area contributed by atoms with Gasteiger partial charge in [-0.15, -0.1) is 0 Å². The highest BCUT2D eigenvalue weighted by molar-refractivity contribution is 5.97. The normalized spacial score (nSPS) is 21.5. The van der Waals surface area contributed by atoms with E-state index in [0.29, 0.717) is 0 Å². The third-order valence-corrected chi connectivity index (χ3v) is 3.31. The molecule has 0 spiro atoms. The average Bonchev–Trinajstić information content (AvgIpc) is 2.55. The number of esters is 1. The smallest absolute Gasteiger partial charge is 0.307 e. The number of nitrogens with one attached hydrogen (secondary N) is 1. The largest absolute Gasteiger partial charge is 0.459 e. The van der Waals surface area contributed by atoms with Crippen molar-refractivity contribution in [3.8, 4) is 0 Å². The molecule has 1 aromatic rings. The fourth-order valence-corrected chi connectivity index (χ4v) is 2.16.